The molecule has 0 aliphatic carbocycles. The van der Waals surface area contributed by atoms with Crippen molar-refractivity contribution in [1.29, 1.82) is 0 Å². The summed E-state index contributed by atoms with van der Waals surface area (Å²) in [6.45, 7) is 9.61. The lowest BCUT2D eigenvalue weighted by Crippen LogP contribution is -2.42. The minimum atomic E-state index is 0. The molecule has 0 unspecified atom stereocenters. The highest BCUT2D eigenvalue weighted by Crippen LogP contribution is 2.33. The normalized spacial score (nSPS) is 13.9. The molecule has 8 heteroatoms. The number of nitrogens with zero attached hydrogens (tertiary/aromatic N) is 2. The number of fused-ring (bicyclic) bond motifs is 1. The van der Waals surface area contributed by atoms with Gasteiger partial charge in [0.1, 0.15) is 0 Å². The summed E-state index contributed by atoms with van der Waals surface area (Å²) in [5.41, 5.74) is 3.99. The van der Waals surface area contributed by atoms with Crippen molar-refractivity contribution >= 4 is 41.3 Å². The van der Waals surface area contributed by atoms with Gasteiger partial charge in [0.25, 0.3) is 0 Å². The number of aliphatic imine (C=N–C) groups is 1. The van der Waals surface area contributed by atoms with Crippen LogP contribution in [0.25, 0.3) is 0 Å². The second-order valence-corrected chi connectivity index (χ2v) is 8.15. The minimum absolute atomic E-state index is 0. The van der Waals surface area contributed by atoms with E-state index in [0.717, 1.165) is 63.1 Å². The molecule has 2 aromatic rings. The Kier molecular flexibility index (Phi) is 10.2. The second kappa shape index (κ2) is 12.4. The Bertz CT molecular complexity index is 841. The Morgan fingerprint density at radius 1 is 1.17 bits per heavy atom. The van der Waals surface area contributed by atoms with Gasteiger partial charge in [-0.2, -0.15) is 0 Å². The summed E-state index contributed by atoms with van der Waals surface area (Å²) in [6.07, 6.45) is 1.03. The van der Waals surface area contributed by atoms with Crippen LogP contribution in [0.15, 0.2) is 28.6 Å². The first-order valence-corrected chi connectivity index (χ1v) is 11.0. The van der Waals surface area contributed by atoms with Gasteiger partial charge in [-0.1, -0.05) is 0 Å². The van der Waals surface area contributed by atoms with Crippen LogP contribution in [-0.4, -0.2) is 51.3 Å². The van der Waals surface area contributed by atoms with Crippen LogP contribution in [0.5, 0.6) is 11.5 Å². The zero-order valence-corrected chi connectivity index (χ0v) is 21.4. The fraction of sp³-hybridized carbons (Fsp3) is 0.500. The van der Waals surface area contributed by atoms with Gasteiger partial charge in [0.15, 0.2) is 17.5 Å². The van der Waals surface area contributed by atoms with Gasteiger partial charge in [0.2, 0.25) is 0 Å². The van der Waals surface area contributed by atoms with Crippen LogP contribution in [0.3, 0.4) is 0 Å². The summed E-state index contributed by atoms with van der Waals surface area (Å²) in [6, 6.07) is 6.38. The molecule has 0 amide bonds. The second-order valence-electron chi connectivity index (χ2n) is 7.15. The van der Waals surface area contributed by atoms with E-state index < -0.39 is 0 Å². The van der Waals surface area contributed by atoms with Crippen molar-refractivity contribution in [2.75, 3.05) is 40.4 Å². The van der Waals surface area contributed by atoms with Gasteiger partial charge in [-0.3, -0.25) is 4.90 Å². The molecule has 1 aromatic heterocycles. The molecule has 0 fully saturated rings. The average Bonchev–Trinajstić information content (AvgIpc) is 3.15. The number of thiophene rings is 1. The van der Waals surface area contributed by atoms with Crippen molar-refractivity contribution in [2.24, 2.45) is 4.99 Å². The first kappa shape index (κ1) is 24.7. The van der Waals surface area contributed by atoms with Crippen LogP contribution in [0.4, 0.5) is 0 Å². The first-order chi connectivity index (χ1) is 14.1. The van der Waals surface area contributed by atoms with E-state index in [9.17, 15) is 0 Å². The molecule has 0 radical (unpaired) electrons. The molecular formula is C22H33IN4O2S. The van der Waals surface area contributed by atoms with Gasteiger partial charge in [-0.05, 0) is 60.5 Å². The van der Waals surface area contributed by atoms with Crippen molar-refractivity contribution in [1.82, 2.24) is 15.5 Å². The van der Waals surface area contributed by atoms with Crippen LogP contribution >= 0.6 is 35.3 Å². The lowest BCUT2D eigenvalue weighted by molar-refractivity contribution is 0.256. The van der Waals surface area contributed by atoms with E-state index in [2.05, 4.69) is 53.0 Å². The molecule has 0 bridgehead atoms. The Labute approximate surface area is 201 Å². The highest BCUT2D eigenvalue weighted by Gasteiger charge is 2.19. The molecule has 0 atom stereocenters. The Hall–Kier alpha value is -1.52. The molecule has 0 saturated carbocycles. The van der Waals surface area contributed by atoms with E-state index in [0.29, 0.717) is 0 Å². The quantitative estimate of drug-likeness (QED) is 0.301. The number of rotatable bonds is 8. The molecule has 2 N–H and O–H groups in total. The molecule has 0 spiro atoms. The summed E-state index contributed by atoms with van der Waals surface area (Å²) >= 11 is 1.77. The molecular weight excluding hydrogens is 511 g/mol. The Morgan fingerprint density at radius 3 is 2.53 bits per heavy atom. The van der Waals surface area contributed by atoms with Crippen molar-refractivity contribution in [3.8, 4) is 11.5 Å². The van der Waals surface area contributed by atoms with Gasteiger partial charge in [0.05, 0.1) is 20.8 Å². The number of methoxy groups -OCH3 is 2. The number of ether oxygens (including phenoxy) is 2. The number of guanidine groups is 1. The van der Waals surface area contributed by atoms with Gasteiger partial charge in [-0.25, -0.2) is 4.99 Å². The predicted octanol–water partition coefficient (Wildman–Crippen LogP) is 3.81. The summed E-state index contributed by atoms with van der Waals surface area (Å²) in [5.74, 6) is 2.50. The zero-order chi connectivity index (χ0) is 20.6. The fourth-order valence-corrected chi connectivity index (χ4v) is 4.35. The molecule has 1 aliphatic heterocycles. The fourth-order valence-electron chi connectivity index (χ4n) is 3.52. The third-order valence-electron chi connectivity index (χ3n) is 5.21. The SMILES string of the molecule is CCNC(=NCc1sccc1C)NCCN1CCc2cc(OC)c(OC)cc2C1.I. The van der Waals surface area contributed by atoms with Crippen molar-refractivity contribution < 1.29 is 9.47 Å². The molecule has 2 heterocycles. The summed E-state index contributed by atoms with van der Waals surface area (Å²) in [4.78, 5) is 8.52. The van der Waals surface area contributed by atoms with Crippen molar-refractivity contribution in [3.63, 3.8) is 0 Å². The number of benzene rings is 1. The van der Waals surface area contributed by atoms with E-state index in [-0.39, 0.29) is 24.0 Å². The highest BCUT2D eigenvalue weighted by molar-refractivity contribution is 14.0. The molecule has 3 rings (SSSR count). The van der Waals surface area contributed by atoms with E-state index >= 15 is 0 Å². The largest absolute Gasteiger partial charge is 0.493 e. The number of hydrogen-bond donors (Lipinski definition) is 2. The zero-order valence-electron chi connectivity index (χ0n) is 18.3. The first-order valence-electron chi connectivity index (χ1n) is 10.2. The van der Waals surface area contributed by atoms with Gasteiger partial charge in [-0.15, -0.1) is 35.3 Å². The van der Waals surface area contributed by atoms with E-state index in [4.69, 9.17) is 14.5 Å². The molecule has 1 aromatic carbocycles. The van der Waals surface area contributed by atoms with E-state index in [1.54, 1.807) is 25.6 Å². The van der Waals surface area contributed by atoms with Gasteiger partial charge >= 0.3 is 0 Å². The topological polar surface area (TPSA) is 58.1 Å². The standard InChI is InChI=1S/C22H32N4O2S.HI/c1-5-23-22(25-14-21-16(2)7-11-29-21)24-8-10-26-9-6-17-12-19(27-3)20(28-4)13-18(17)15-26;/h7,11-13H,5-6,8-10,14-15H2,1-4H3,(H2,23,24,25);1H. The monoisotopic (exact) mass is 544 g/mol. The average molecular weight is 545 g/mol. The molecule has 0 saturated heterocycles. The smallest absolute Gasteiger partial charge is 0.191 e. The van der Waals surface area contributed by atoms with Crippen LogP contribution < -0.4 is 20.1 Å². The van der Waals surface area contributed by atoms with Crippen molar-refractivity contribution in [2.45, 2.75) is 33.4 Å². The van der Waals surface area contributed by atoms with Crippen molar-refractivity contribution in [3.05, 3.63) is 45.1 Å². The number of aryl methyl sites for hydroxylation is 1. The van der Waals surface area contributed by atoms with Crippen LogP contribution in [0.2, 0.25) is 0 Å². The van der Waals surface area contributed by atoms with E-state index in [1.165, 1.54) is 21.6 Å². The third-order valence-corrected chi connectivity index (χ3v) is 6.22. The molecule has 6 nitrogen and oxygen atoms in total. The lowest BCUT2D eigenvalue weighted by Gasteiger charge is -2.29. The molecule has 166 valence electrons. The number of hydrogen-bond acceptors (Lipinski definition) is 5. The third kappa shape index (κ3) is 6.49. The Morgan fingerprint density at radius 2 is 1.90 bits per heavy atom. The maximum absolute atomic E-state index is 5.46. The summed E-state index contributed by atoms with van der Waals surface area (Å²) < 4.78 is 10.9. The van der Waals surface area contributed by atoms with Gasteiger partial charge in [0, 0.05) is 37.6 Å². The number of halogens is 1. The molecule has 30 heavy (non-hydrogen) atoms. The summed E-state index contributed by atoms with van der Waals surface area (Å²) in [7, 11) is 3.38. The lowest BCUT2D eigenvalue weighted by atomic mass is 9.99. The minimum Gasteiger partial charge on any atom is -0.493 e. The molecule has 1 aliphatic rings. The van der Waals surface area contributed by atoms with Crippen LogP contribution in [-0.2, 0) is 19.5 Å². The Balaban J connectivity index is 0.00000320. The van der Waals surface area contributed by atoms with E-state index in [1.807, 2.05) is 0 Å². The highest BCUT2D eigenvalue weighted by atomic mass is 127. The van der Waals surface area contributed by atoms with Gasteiger partial charge < -0.3 is 20.1 Å². The number of nitrogens with one attached hydrogen (secondary N) is 2. The maximum atomic E-state index is 5.46. The maximum Gasteiger partial charge on any atom is 0.191 e. The van der Waals surface area contributed by atoms with Crippen LogP contribution in [0, 0.1) is 6.92 Å². The van der Waals surface area contributed by atoms with Crippen LogP contribution in [0.1, 0.15) is 28.5 Å². The predicted molar refractivity (Wildman–Crippen MR) is 136 cm³/mol. The summed E-state index contributed by atoms with van der Waals surface area (Å²) in [5, 5.41) is 8.94.